The molecule has 2 aromatic carbocycles. The maximum atomic E-state index is 12.4. The van der Waals surface area contributed by atoms with E-state index in [1.807, 2.05) is 30.3 Å². The Hall–Kier alpha value is -4.25. The van der Waals surface area contributed by atoms with E-state index in [4.69, 9.17) is 13.9 Å². The van der Waals surface area contributed by atoms with Crippen molar-refractivity contribution in [1.82, 2.24) is 20.1 Å². The highest BCUT2D eigenvalue weighted by Crippen LogP contribution is 2.32. The molecule has 0 unspecified atom stereocenters. The molecule has 10 nitrogen and oxygen atoms in total. The van der Waals surface area contributed by atoms with E-state index in [0.29, 0.717) is 47.1 Å². The van der Waals surface area contributed by atoms with Crippen molar-refractivity contribution < 1.29 is 23.5 Å². The van der Waals surface area contributed by atoms with E-state index in [0.717, 1.165) is 17.4 Å². The molecule has 0 atom stereocenters. The van der Waals surface area contributed by atoms with Gasteiger partial charge in [0.15, 0.2) is 22.4 Å². The predicted octanol–water partition coefficient (Wildman–Crippen LogP) is 3.74. The predicted molar refractivity (Wildman–Crippen MR) is 124 cm³/mol. The van der Waals surface area contributed by atoms with Crippen LogP contribution in [0.25, 0.3) is 17.3 Å². The van der Waals surface area contributed by atoms with Crippen molar-refractivity contribution in [3.63, 3.8) is 0 Å². The lowest BCUT2D eigenvalue weighted by Crippen LogP contribution is -2.35. The van der Waals surface area contributed by atoms with Crippen molar-refractivity contribution in [1.29, 1.82) is 0 Å². The quantitative estimate of drug-likeness (QED) is 0.403. The van der Waals surface area contributed by atoms with E-state index in [2.05, 4.69) is 20.8 Å². The molecule has 34 heavy (non-hydrogen) atoms. The zero-order chi connectivity index (χ0) is 23.3. The summed E-state index contributed by atoms with van der Waals surface area (Å²) in [5.41, 5.74) is 1.30. The third-order valence-corrected chi connectivity index (χ3v) is 5.70. The Bertz CT molecular complexity index is 1310. The minimum absolute atomic E-state index is 0.0440. The number of benzene rings is 2. The first-order valence-corrected chi connectivity index (χ1v) is 11.3. The minimum atomic E-state index is -0.650. The molecule has 4 aromatic rings. The summed E-state index contributed by atoms with van der Waals surface area (Å²) in [4.78, 5) is 24.7. The number of imide groups is 1. The zero-order valence-corrected chi connectivity index (χ0v) is 18.6. The Morgan fingerprint density at radius 2 is 1.79 bits per heavy atom. The second-order valence-corrected chi connectivity index (χ2v) is 8.05. The second-order valence-electron chi connectivity index (χ2n) is 7.10. The molecule has 5 rings (SSSR count). The first-order valence-electron chi connectivity index (χ1n) is 10.4. The second kappa shape index (κ2) is 9.71. The summed E-state index contributed by atoms with van der Waals surface area (Å²) < 4.78 is 18.2. The summed E-state index contributed by atoms with van der Waals surface area (Å²) in [5.74, 6) is 1.68. The Balaban J connectivity index is 1.24. The molecule has 0 aliphatic carbocycles. The summed E-state index contributed by atoms with van der Waals surface area (Å²) in [7, 11) is 0. The van der Waals surface area contributed by atoms with Crippen molar-refractivity contribution in [2.75, 3.05) is 24.3 Å². The van der Waals surface area contributed by atoms with Gasteiger partial charge in [-0.1, -0.05) is 30.0 Å². The van der Waals surface area contributed by atoms with Gasteiger partial charge in [0.05, 0.1) is 12.0 Å². The number of hydrogen-bond donors (Lipinski definition) is 2. The number of aromatic nitrogens is 3. The van der Waals surface area contributed by atoms with Crippen molar-refractivity contribution in [2.45, 2.75) is 5.16 Å². The SMILES string of the molecule is O=C(CSc1nnc(-c2ccco2)n1-c1ccccc1)NC(=O)Nc1ccc2c(c1)OCCO2. The van der Waals surface area contributed by atoms with Crippen molar-refractivity contribution >= 4 is 29.4 Å². The van der Waals surface area contributed by atoms with Crippen LogP contribution in [0.2, 0.25) is 0 Å². The molecule has 1 aliphatic heterocycles. The van der Waals surface area contributed by atoms with Gasteiger partial charge >= 0.3 is 6.03 Å². The number of nitrogens with zero attached hydrogens (tertiary/aromatic N) is 3. The highest BCUT2D eigenvalue weighted by molar-refractivity contribution is 7.99. The summed E-state index contributed by atoms with van der Waals surface area (Å²) in [6.45, 7) is 0.918. The van der Waals surface area contributed by atoms with Gasteiger partial charge in [-0.05, 0) is 36.4 Å². The Morgan fingerprint density at radius 1 is 0.971 bits per heavy atom. The van der Waals surface area contributed by atoms with Gasteiger partial charge in [-0.15, -0.1) is 10.2 Å². The summed E-state index contributed by atoms with van der Waals surface area (Å²) >= 11 is 1.15. The number of nitrogens with one attached hydrogen (secondary N) is 2. The lowest BCUT2D eigenvalue weighted by molar-refractivity contribution is -0.117. The van der Waals surface area contributed by atoms with Gasteiger partial charge in [0.1, 0.15) is 13.2 Å². The third kappa shape index (κ3) is 4.74. The molecule has 3 heterocycles. The number of fused-ring (bicyclic) bond motifs is 1. The van der Waals surface area contributed by atoms with Crippen LogP contribution < -0.4 is 20.1 Å². The molecule has 0 spiro atoms. The topological polar surface area (TPSA) is 121 Å². The van der Waals surface area contributed by atoms with Gasteiger partial charge in [0.25, 0.3) is 0 Å². The number of anilines is 1. The van der Waals surface area contributed by atoms with Crippen LogP contribution in [0, 0.1) is 0 Å². The Kier molecular flexibility index (Phi) is 6.17. The smallest absolute Gasteiger partial charge is 0.325 e. The molecule has 2 aromatic heterocycles. The lowest BCUT2D eigenvalue weighted by atomic mass is 10.2. The number of carbonyl (C=O) groups is 2. The number of hydrogen-bond acceptors (Lipinski definition) is 8. The molecule has 0 saturated heterocycles. The van der Waals surface area contributed by atoms with Crippen molar-refractivity contribution in [3.05, 3.63) is 66.9 Å². The average molecular weight is 478 g/mol. The third-order valence-electron chi connectivity index (χ3n) is 4.77. The summed E-state index contributed by atoms with van der Waals surface area (Å²) in [6, 6.07) is 17.4. The van der Waals surface area contributed by atoms with E-state index in [1.165, 1.54) is 0 Å². The molecular formula is C23H19N5O5S. The lowest BCUT2D eigenvalue weighted by Gasteiger charge is -2.19. The highest BCUT2D eigenvalue weighted by Gasteiger charge is 2.19. The molecule has 0 saturated carbocycles. The molecule has 11 heteroatoms. The van der Waals surface area contributed by atoms with Gasteiger partial charge in [0.2, 0.25) is 11.7 Å². The number of para-hydroxylation sites is 1. The largest absolute Gasteiger partial charge is 0.486 e. The maximum Gasteiger partial charge on any atom is 0.325 e. The number of amides is 3. The fourth-order valence-corrected chi connectivity index (χ4v) is 4.07. The molecule has 0 radical (unpaired) electrons. The van der Waals surface area contributed by atoms with Crippen LogP contribution >= 0.6 is 11.8 Å². The van der Waals surface area contributed by atoms with Crippen LogP contribution in [-0.4, -0.2) is 45.7 Å². The van der Waals surface area contributed by atoms with E-state index in [9.17, 15) is 9.59 Å². The van der Waals surface area contributed by atoms with Crippen molar-refractivity contribution in [2.24, 2.45) is 0 Å². The van der Waals surface area contributed by atoms with Gasteiger partial charge < -0.3 is 19.2 Å². The van der Waals surface area contributed by atoms with Crippen LogP contribution in [0.5, 0.6) is 11.5 Å². The van der Waals surface area contributed by atoms with E-state index >= 15 is 0 Å². The van der Waals surface area contributed by atoms with Crippen LogP contribution in [0.1, 0.15) is 0 Å². The fraction of sp³-hybridized carbons (Fsp3) is 0.130. The summed E-state index contributed by atoms with van der Waals surface area (Å²) in [6.07, 6.45) is 1.56. The molecule has 0 fully saturated rings. The molecular weight excluding hydrogens is 458 g/mol. The highest BCUT2D eigenvalue weighted by atomic mass is 32.2. The monoisotopic (exact) mass is 477 g/mol. The summed E-state index contributed by atoms with van der Waals surface area (Å²) in [5, 5.41) is 13.9. The van der Waals surface area contributed by atoms with Gasteiger partial charge in [0, 0.05) is 17.4 Å². The Morgan fingerprint density at radius 3 is 2.59 bits per heavy atom. The molecule has 1 aliphatic rings. The van der Waals surface area contributed by atoms with E-state index < -0.39 is 11.9 Å². The van der Waals surface area contributed by atoms with E-state index in [-0.39, 0.29) is 5.75 Å². The van der Waals surface area contributed by atoms with Crippen molar-refractivity contribution in [3.8, 4) is 28.8 Å². The molecule has 2 N–H and O–H groups in total. The number of carbonyl (C=O) groups excluding carboxylic acids is 2. The number of rotatable bonds is 6. The zero-order valence-electron chi connectivity index (χ0n) is 17.8. The minimum Gasteiger partial charge on any atom is -0.486 e. The molecule has 172 valence electrons. The average Bonchev–Trinajstić information content (AvgIpc) is 3.53. The number of ether oxygens (including phenoxy) is 2. The number of furan rings is 1. The van der Waals surface area contributed by atoms with Crippen LogP contribution in [0.3, 0.4) is 0 Å². The first kappa shape index (κ1) is 21.6. The van der Waals surface area contributed by atoms with Crippen LogP contribution in [-0.2, 0) is 4.79 Å². The fourth-order valence-electron chi connectivity index (χ4n) is 3.31. The normalized spacial score (nSPS) is 12.2. The molecule has 0 bridgehead atoms. The number of urea groups is 1. The molecule has 3 amide bonds. The van der Waals surface area contributed by atoms with Crippen LogP contribution in [0.4, 0.5) is 10.5 Å². The van der Waals surface area contributed by atoms with Gasteiger partial charge in [-0.3, -0.25) is 14.7 Å². The number of thioether (sulfide) groups is 1. The van der Waals surface area contributed by atoms with Gasteiger partial charge in [-0.2, -0.15) is 0 Å². The maximum absolute atomic E-state index is 12.4. The standard InChI is InChI=1S/C23H19N5O5S/c29-20(25-22(30)24-15-8-9-17-19(13-15)33-12-11-32-17)14-34-23-27-26-21(18-7-4-10-31-18)28(23)16-5-2-1-3-6-16/h1-10,13H,11-12,14H2,(H2,24,25,29,30). The Labute approximate surface area is 198 Å². The van der Waals surface area contributed by atoms with E-state index in [1.54, 1.807) is 41.2 Å². The van der Waals surface area contributed by atoms with Crippen LogP contribution in [0.15, 0.2) is 76.5 Å². The van der Waals surface area contributed by atoms with Gasteiger partial charge in [-0.25, -0.2) is 4.79 Å². The first-order chi connectivity index (χ1) is 16.7.